The molecule has 0 spiro atoms. The van der Waals surface area contributed by atoms with Crippen LogP contribution in [0.3, 0.4) is 0 Å². The van der Waals surface area contributed by atoms with E-state index in [-0.39, 0.29) is 28.8 Å². The molecule has 6 heteroatoms. The van der Waals surface area contributed by atoms with Crippen LogP contribution in [0.2, 0.25) is 0 Å². The van der Waals surface area contributed by atoms with Crippen LogP contribution in [0.5, 0.6) is 0 Å². The molecule has 1 aliphatic carbocycles. The van der Waals surface area contributed by atoms with E-state index in [2.05, 4.69) is 29.3 Å². The first-order valence-corrected chi connectivity index (χ1v) is 10.7. The van der Waals surface area contributed by atoms with Crippen LogP contribution in [0.4, 0.5) is 0 Å². The zero-order valence-corrected chi connectivity index (χ0v) is 17.3. The van der Waals surface area contributed by atoms with Crippen LogP contribution in [-0.4, -0.2) is 57.1 Å². The summed E-state index contributed by atoms with van der Waals surface area (Å²) in [4.78, 5) is 21.1. The van der Waals surface area contributed by atoms with Gasteiger partial charge in [-0.2, -0.15) is 0 Å². The molecule has 1 unspecified atom stereocenters. The standard InChI is InChI=1S/C23H31N3O3/c1-16(2)25-13-14-26-18(24-21(28)20(27)19(26)22(25)29)15-23(11-7-4-8-12-23)17-9-5-3-6-10-17/h3,5-6,9-10,16,21,27-28H,4,7-8,11-15H2,1-2H3. The maximum Gasteiger partial charge on any atom is 0.274 e. The molecule has 1 saturated heterocycles. The Labute approximate surface area is 172 Å². The van der Waals surface area contributed by atoms with Gasteiger partial charge in [-0.1, -0.05) is 49.6 Å². The third kappa shape index (κ3) is 3.54. The number of carbonyl (C=O) groups excluding carboxylic acids is 1. The van der Waals surface area contributed by atoms with Crippen molar-refractivity contribution in [2.24, 2.45) is 4.99 Å². The zero-order chi connectivity index (χ0) is 20.6. The number of benzene rings is 1. The molecule has 0 bridgehead atoms. The fourth-order valence-electron chi connectivity index (χ4n) is 5.10. The van der Waals surface area contributed by atoms with Gasteiger partial charge >= 0.3 is 0 Å². The van der Waals surface area contributed by atoms with E-state index in [0.29, 0.717) is 25.3 Å². The van der Waals surface area contributed by atoms with Crippen molar-refractivity contribution in [2.45, 2.75) is 70.1 Å². The minimum atomic E-state index is -1.37. The van der Waals surface area contributed by atoms with E-state index >= 15 is 0 Å². The van der Waals surface area contributed by atoms with Crippen molar-refractivity contribution in [3.05, 3.63) is 47.4 Å². The molecule has 2 aliphatic heterocycles. The molecule has 1 amide bonds. The first-order chi connectivity index (χ1) is 13.9. The van der Waals surface area contributed by atoms with E-state index < -0.39 is 6.23 Å². The summed E-state index contributed by atoms with van der Waals surface area (Å²) >= 11 is 0. The second-order valence-corrected chi connectivity index (χ2v) is 8.78. The number of hydrogen-bond donors (Lipinski definition) is 2. The molecule has 2 N–H and O–H groups in total. The Bertz CT molecular complexity index is 825. The first-order valence-electron chi connectivity index (χ1n) is 10.7. The summed E-state index contributed by atoms with van der Waals surface area (Å²) in [7, 11) is 0. The minimum Gasteiger partial charge on any atom is -0.506 e. The van der Waals surface area contributed by atoms with Crippen molar-refractivity contribution in [2.75, 3.05) is 13.1 Å². The Morgan fingerprint density at radius 3 is 2.48 bits per heavy atom. The number of aliphatic hydroxyl groups is 2. The van der Waals surface area contributed by atoms with Crippen LogP contribution >= 0.6 is 0 Å². The van der Waals surface area contributed by atoms with Gasteiger partial charge in [0.2, 0.25) is 6.23 Å². The quantitative estimate of drug-likeness (QED) is 0.817. The van der Waals surface area contributed by atoms with Crippen LogP contribution in [0.25, 0.3) is 0 Å². The Morgan fingerprint density at radius 2 is 1.83 bits per heavy atom. The molecule has 1 atom stereocenters. The van der Waals surface area contributed by atoms with E-state index in [1.165, 1.54) is 24.8 Å². The highest BCUT2D eigenvalue weighted by molar-refractivity contribution is 6.01. The molecule has 3 aliphatic rings. The molecule has 0 aromatic heterocycles. The van der Waals surface area contributed by atoms with Gasteiger partial charge in [0.25, 0.3) is 5.91 Å². The number of aliphatic imine (C=N–C) groups is 1. The summed E-state index contributed by atoms with van der Waals surface area (Å²) in [6.07, 6.45) is 5.00. The maximum atomic E-state index is 13.0. The highest BCUT2D eigenvalue weighted by Crippen LogP contribution is 2.44. The van der Waals surface area contributed by atoms with Crippen LogP contribution < -0.4 is 0 Å². The molecule has 0 radical (unpaired) electrons. The number of carbonyl (C=O) groups is 1. The predicted octanol–water partition coefficient (Wildman–Crippen LogP) is 3.33. The molecule has 6 nitrogen and oxygen atoms in total. The van der Waals surface area contributed by atoms with Gasteiger partial charge in [-0.3, -0.25) is 4.79 Å². The van der Waals surface area contributed by atoms with E-state index in [1.54, 1.807) is 4.90 Å². The molecule has 1 aromatic carbocycles. The first kappa shape index (κ1) is 20.0. The highest BCUT2D eigenvalue weighted by atomic mass is 16.3. The number of piperazine rings is 1. The molecule has 29 heavy (non-hydrogen) atoms. The number of nitrogens with zero attached hydrogens (tertiary/aromatic N) is 3. The van der Waals surface area contributed by atoms with E-state index in [9.17, 15) is 15.0 Å². The number of aliphatic hydroxyl groups excluding tert-OH is 2. The number of fused-ring (bicyclic) bond motifs is 1. The molecule has 2 heterocycles. The molecular weight excluding hydrogens is 366 g/mol. The summed E-state index contributed by atoms with van der Waals surface area (Å²) < 4.78 is 0. The topological polar surface area (TPSA) is 76.4 Å². The number of amides is 1. The lowest BCUT2D eigenvalue weighted by Gasteiger charge is -2.45. The van der Waals surface area contributed by atoms with E-state index in [1.807, 2.05) is 24.8 Å². The average Bonchev–Trinajstić information content (AvgIpc) is 2.73. The lowest BCUT2D eigenvalue weighted by atomic mass is 9.67. The number of rotatable bonds is 4. The van der Waals surface area contributed by atoms with Crippen LogP contribution in [-0.2, 0) is 10.2 Å². The molecule has 156 valence electrons. The van der Waals surface area contributed by atoms with Crippen molar-refractivity contribution in [3.8, 4) is 0 Å². The summed E-state index contributed by atoms with van der Waals surface area (Å²) in [5.74, 6) is 0.155. The van der Waals surface area contributed by atoms with Gasteiger partial charge in [-0.25, -0.2) is 4.99 Å². The van der Waals surface area contributed by atoms with Crippen molar-refractivity contribution in [3.63, 3.8) is 0 Å². The summed E-state index contributed by atoms with van der Waals surface area (Å²) in [6, 6.07) is 10.6. The third-order valence-corrected chi connectivity index (χ3v) is 6.68. The van der Waals surface area contributed by atoms with Gasteiger partial charge < -0.3 is 20.0 Å². The predicted molar refractivity (Wildman–Crippen MR) is 112 cm³/mol. The minimum absolute atomic E-state index is 0.0402. The Balaban J connectivity index is 1.68. The van der Waals surface area contributed by atoms with Gasteiger partial charge in [-0.05, 0) is 32.3 Å². The van der Waals surface area contributed by atoms with Crippen molar-refractivity contribution < 1.29 is 15.0 Å². The fourth-order valence-corrected chi connectivity index (χ4v) is 5.10. The second-order valence-electron chi connectivity index (χ2n) is 8.78. The third-order valence-electron chi connectivity index (χ3n) is 6.68. The molecule has 2 fully saturated rings. The number of hydrogen-bond acceptors (Lipinski definition) is 5. The van der Waals surface area contributed by atoms with Gasteiger partial charge in [0.05, 0.1) is 0 Å². The largest absolute Gasteiger partial charge is 0.506 e. The fraction of sp³-hybridized carbons (Fsp3) is 0.565. The van der Waals surface area contributed by atoms with Crippen molar-refractivity contribution >= 4 is 11.7 Å². The average molecular weight is 398 g/mol. The van der Waals surface area contributed by atoms with Crippen molar-refractivity contribution in [1.29, 1.82) is 0 Å². The molecule has 1 saturated carbocycles. The van der Waals surface area contributed by atoms with Gasteiger partial charge in [0, 0.05) is 31.0 Å². The van der Waals surface area contributed by atoms with E-state index in [4.69, 9.17) is 0 Å². The van der Waals surface area contributed by atoms with Gasteiger partial charge in [0.15, 0.2) is 11.5 Å². The summed E-state index contributed by atoms with van der Waals surface area (Å²) in [5, 5.41) is 20.9. The normalized spacial score (nSPS) is 24.6. The van der Waals surface area contributed by atoms with E-state index in [0.717, 1.165) is 12.8 Å². The SMILES string of the molecule is CC(C)N1CCN2C(CC3(c4ccccc4)CCCCC3)=NC(O)C(O)=C2C1=O. The lowest BCUT2D eigenvalue weighted by molar-refractivity contribution is -0.133. The molecule has 4 rings (SSSR count). The van der Waals surface area contributed by atoms with Gasteiger partial charge in [0.1, 0.15) is 5.84 Å². The zero-order valence-electron chi connectivity index (χ0n) is 17.3. The van der Waals surface area contributed by atoms with Crippen LogP contribution in [0, 0.1) is 0 Å². The molecular formula is C23H31N3O3. The Hall–Kier alpha value is -2.34. The Kier molecular flexibility index (Phi) is 5.38. The summed E-state index contributed by atoms with van der Waals surface area (Å²) in [6.45, 7) is 5.10. The van der Waals surface area contributed by atoms with Crippen LogP contribution in [0.15, 0.2) is 46.8 Å². The highest BCUT2D eigenvalue weighted by Gasteiger charge is 2.43. The van der Waals surface area contributed by atoms with Crippen LogP contribution in [0.1, 0.15) is 57.9 Å². The Morgan fingerprint density at radius 1 is 1.14 bits per heavy atom. The lowest BCUT2D eigenvalue weighted by Crippen LogP contribution is -2.56. The van der Waals surface area contributed by atoms with Crippen molar-refractivity contribution in [1.82, 2.24) is 9.80 Å². The second kappa shape index (κ2) is 7.82. The monoisotopic (exact) mass is 397 g/mol. The van der Waals surface area contributed by atoms with Gasteiger partial charge in [-0.15, -0.1) is 0 Å². The smallest absolute Gasteiger partial charge is 0.274 e. The molecule has 1 aromatic rings. The summed E-state index contributed by atoms with van der Waals surface area (Å²) in [5.41, 5.74) is 1.44. The number of amidine groups is 1. The maximum absolute atomic E-state index is 13.0.